The van der Waals surface area contributed by atoms with Gasteiger partial charge in [-0.15, -0.1) is 0 Å². The van der Waals surface area contributed by atoms with Gasteiger partial charge in [0.2, 0.25) is 11.8 Å². The molecule has 0 aliphatic carbocycles. The molecule has 4 N–H and O–H groups in total. The van der Waals surface area contributed by atoms with Crippen LogP contribution in [0, 0.1) is 0 Å². The summed E-state index contributed by atoms with van der Waals surface area (Å²) < 4.78 is 40.8. The molecule has 0 heterocycles. The van der Waals surface area contributed by atoms with Gasteiger partial charge in [-0.25, -0.2) is 0 Å². The molecule has 0 aliphatic rings. The second-order valence-electron chi connectivity index (χ2n) is 4.31. The fraction of sp³-hybridized carbons (Fsp3) is 0.385. The maximum absolute atomic E-state index is 12.0. The number of carbonyl (C=O) groups excluding carboxylic acids is 2. The maximum Gasteiger partial charge on any atom is 0.422 e. The van der Waals surface area contributed by atoms with Crippen LogP contribution in [0.4, 0.5) is 13.2 Å². The molecular weight excluding hydrogens is 303 g/mol. The molecular formula is C13H16F3N3O3. The van der Waals surface area contributed by atoms with Gasteiger partial charge in [-0.3, -0.25) is 9.59 Å². The first-order valence-corrected chi connectivity index (χ1v) is 6.32. The van der Waals surface area contributed by atoms with Gasteiger partial charge in [-0.05, 0) is 17.7 Å². The number of halogens is 3. The van der Waals surface area contributed by atoms with E-state index in [-0.39, 0.29) is 25.4 Å². The number of rotatable bonds is 7. The molecule has 1 aromatic rings. The van der Waals surface area contributed by atoms with Crippen LogP contribution < -0.4 is 21.1 Å². The number of alkyl halides is 3. The summed E-state index contributed by atoms with van der Waals surface area (Å²) >= 11 is 0. The van der Waals surface area contributed by atoms with Crippen molar-refractivity contribution < 1.29 is 27.5 Å². The van der Waals surface area contributed by atoms with Crippen molar-refractivity contribution in [3.63, 3.8) is 0 Å². The van der Waals surface area contributed by atoms with Gasteiger partial charge in [0.15, 0.2) is 6.61 Å². The van der Waals surface area contributed by atoms with Crippen molar-refractivity contribution in [2.24, 2.45) is 5.73 Å². The lowest BCUT2D eigenvalue weighted by molar-refractivity contribution is -0.153. The van der Waals surface area contributed by atoms with Crippen LogP contribution in [0.2, 0.25) is 0 Å². The average Bonchev–Trinajstić information content (AvgIpc) is 2.48. The van der Waals surface area contributed by atoms with Crippen LogP contribution in [0.3, 0.4) is 0 Å². The molecule has 0 fully saturated rings. The molecule has 0 saturated heterocycles. The summed E-state index contributed by atoms with van der Waals surface area (Å²) in [5, 5.41) is 4.80. The van der Waals surface area contributed by atoms with Crippen LogP contribution in [-0.2, 0) is 16.1 Å². The zero-order chi connectivity index (χ0) is 16.6. The Hall–Kier alpha value is -2.29. The zero-order valence-corrected chi connectivity index (χ0v) is 11.6. The van der Waals surface area contributed by atoms with Gasteiger partial charge in [-0.2, -0.15) is 13.2 Å². The van der Waals surface area contributed by atoms with Gasteiger partial charge in [0, 0.05) is 6.54 Å². The summed E-state index contributed by atoms with van der Waals surface area (Å²) in [5.74, 6) is -0.846. The maximum atomic E-state index is 12.0. The minimum Gasteiger partial charge on any atom is -0.484 e. The van der Waals surface area contributed by atoms with Crippen molar-refractivity contribution in [3.05, 3.63) is 29.8 Å². The number of ether oxygens (including phenoxy) is 1. The highest BCUT2D eigenvalue weighted by molar-refractivity contribution is 5.85. The molecule has 0 radical (unpaired) electrons. The Balaban J connectivity index is 2.43. The minimum absolute atomic E-state index is 0.0560. The van der Waals surface area contributed by atoms with Crippen molar-refractivity contribution >= 4 is 11.8 Å². The third-order valence-corrected chi connectivity index (χ3v) is 2.42. The second kappa shape index (κ2) is 8.23. The molecule has 22 heavy (non-hydrogen) atoms. The summed E-state index contributed by atoms with van der Waals surface area (Å²) in [7, 11) is 0. The molecule has 0 spiro atoms. The smallest absolute Gasteiger partial charge is 0.422 e. The molecule has 0 atom stereocenters. The van der Waals surface area contributed by atoms with Crippen molar-refractivity contribution in [3.8, 4) is 5.75 Å². The summed E-state index contributed by atoms with van der Waals surface area (Å²) in [5.41, 5.74) is 5.63. The highest BCUT2D eigenvalue weighted by Crippen LogP contribution is 2.19. The number of nitrogens with two attached hydrogens (primary N) is 1. The zero-order valence-electron chi connectivity index (χ0n) is 11.6. The van der Waals surface area contributed by atoms with Crippen LogP contribution in [-0.4, -0.2) is 37.7 Å². The SMILES string of the molecule is NCC(=O)NCC(=O)NCc1cccc(OCC(F)(F)F)c1. The van der Waals surface area contributed by atoms with Crippen molar-refractivity contribution in [1.82, 2.24) is 10.6 Å². The first-order valence-electron chi connectivity index (χ1n) is 6.32. The van der Waals surface area contributed by atoms with Crippen LogP contribution in [0.1, 0.15) is 5.56 Å². The Kier molecular flexibility index (Phi) is 6.64. The highest BCUT2D eigenvalue weighted by atomic mass is 19.4. The fourth-order valence-corrected chi connectivity index (χ4v) is 1.42. The minimum atomic E-state index is -4.41. The van der Waals surface area contributed by atoms with E-state index < -0.39 is 24.6 Å². The lowest BCUT2D eigenvalue weighted by atomic mass is 10.2. The Morgan fingerprint density at radius 3 is 2.55 bits per heavy atom. The van der Waals surface area contributed by atoms with E-state index in [1.54, 1.807) is 6.07 Å². The van der Waals surface area contributed by atoms with Crippen LogP contribution >= 0.6 is 0 Å². The van der Waals surface area contributed by atoms with E-state index in [2.05, 4.69) is 15.4 Å². The summed E-state index contributed by atoms with van der Waals surface area (Å²) in [6.07, 6.45) is -4.41. The van der Waals surface area contributed by atoms with Gasteiger partial charge in [0.05, 0.1) is 13.1 Å². The summed E-state index contributed by atoms with van der Waals surface area (Å²) in [4.78, 5) is 22.3. The lowest BCUT2D eigenvalue weighted by Gasteiger charge is -2.11. The summed E-state index contributed by atoms with van der Waals surface area (Å²) in [6.45, 7) is -1.72. The Labute approximate surface area is 124 Å². The van der Waals surface area contributed by atoms with Gasteiger partial charge in [0.25, 0.3) is 0 Å². The van der Waals surface area contributed by atoms with Crippen LogP contribution in [0.15, 0.2) is 24.3 Å². The molecule has 9 heteroatoms. The van der Waals surface area contributed by atoms with E-state index in [9.17, 15) is 22.8 Å². The average molecular weight is 319 g/mol. The Morgan fingerprint density at radius 1 is 1.18 bits per heavy atom. The van der Waals surface area contributed by atoms with E-state index in [0.29, 0.717) is 5.56 Å². The second-order valence-corrected chi connectivity index (χ2v) is 4.31. The first kappa shape index (κ1) is 17.8. The number of nitrogens with one attached hydrogen (secondary N) is 2. The Morgan fingerprint density at radius 2 is 1.91 bits per heavy atom. The third kappa shape index (κ3) is 7.48. The van der Waals surface area contributed by atoms with Gasteiger partial charge in [-0.1, -0.05) is 12.1 Å². The van der Waals surface area contributed by atoms with Gasteiger partial charge < -0.3 is 21.1 Å². The number of carbonyl (C=O) groups is 2. The lowest BCUT2D eigenvalue weighted by Crippen LogP contribution is -2.39. The number of hydrogen-bond acceptors (Lipinski definition) is 4. The normalized spacial score (nSPS) is 10.9. The van der Waals surface area contributed by atoms with Crippen LogP contribution in [0.5, 0.6) is 5.75 Å². The Bertz CT molecular complexity index is 521. The molecule has 2 amide bonds. The van der Waals surface area contributed by atoms with E-state index in [1.807, 2.05) is 0 Å². The molecule has 0 saturated carbocycles. The van der Waals surface area contributed by atoms with Crippen molar-refractivity contribution in [2.45, 2.75) is 12.7 Å². The van der Waals surface area contributed by atoms with E-state index in [4.69, 9.17) is 5.73 Å². The standard InChI is InChI=1S/C13H16F3N3O3/c14-13(15,16)8-22-10-3-1-2-9(4-10)6-18-12(21)7-19-11(20)5-17/h1-4H,5-8,17H2,(H,18,21)(H,19,20). The third-order valence-electron chi connectivity index (χ3n) is 2.42. The summed E-state index contributed by atoms with van der Waals surface area (Å²) in [6, 6.07) is 5.92. The van der Waals surface area contributed by atoms with Gasteiger partial charge >= 0.3 is 6.18 Å². The van der Waals surface area contributed by atoms with E-state index in [0.717, 1.165) is 0 Å². The molecule has 6 nitrogen and oxygen atoms in total. The molecule has 0 bridgehead atoms. The monoisotopic (exact) mass is 319 g/mol. The number of amides is 2. The molecule has 1 rings (SSSR count). The topological polar surface area (TPSA) is 93.5 Å². The first-order chi connectivity index (χ1) is 10.3. The van der Waals surface area contributed by atoms with Crippen LogP contribution in [0.25, 0.3) is 0 Å². The highest BCUT2D eigenvalue weighted by Gasteiger charge is 2.28. The molecule has 1 aromatic carbocycles. The molecule has 0 aromatic heterocycles. The van der Waals surface area contributed by atoms with E-state index >= 15 is 0 Å². The molecule has 0 unspecified atom stereocenters. The number of hydrogen-bond donors (Lipinski definition) is 3. The number of benzene rings is 1. The van der Waals surface area contributed by atoms with E-state index in [1.165, 1.54) is 18.2 Å². The van der Waals surface area contributed by atoms with Crippen molar-refractivity contribution in [1.29, 1.82) is 0 Å². The molecule has 0 aliphatic heterocycles. The predicted octanol–water partition coefficient (Wildman–Crippen LogP) is 0.319. The largest absolute Gasteiger partial charge is 0.484 e. The quantitative estimate of drug-likeness (QED) is 0.675. The predicted molar refractivity (Wildman–Crippen MR) is 71.9 cm³/mol. The molecule has 122 valence electrons. The van der Waals surface area contributed by atoms with Gasteiger partial charge in [0.1, 0.15) is 5.75 Å². The van der Waals surface area contributed by atoms with Crippen molar-refractivity contribution in [2.75, 3.05) is 19.7 Å². The fourth-order valence-electron chi connectivity index (χ4n) is 1.42.